The zero-order valence-corrected chi connectivity index (χ0v) is 23.2. The van der Waals surface area contributed by atoms with Gasteiger partial charge in [-0.15, -0.1) is 0 Å². The van der Waals surface area contributed by atoms with E-state index < -0.39 is 11.8 Å². The van der Waals surface area contributed by atoms with E-state index in [4.69, 9.17) is 10.5 Å². The highest BCUT2D eigenvalue weighted by molar-refractivity contribution is 5.68. The lowest BCUT2D eigenvalue weighted by Gasteiger charge is -2.39. The molecule has 6 nitrogen and oxygen atoms in total. The number of nitrogens with one attached hydrogen (secondary N) is 2. The fourth-order valence-corrected chi connectivity index (χ4v) is 5.14. The highest BCUT2D eigenvalue weighted by atomic mass is 16.6. The van der Waals surface area contributed by atoms with Crippen molar-refractivity contribution in [2.24, 2.45) is 17.6 Å². The van der Waals surface area contributed by atoms with Crippen LogP contribution in [0.4, 0.5) is 4.79 Å². The molecule has 2 aromatic rings. The van der Waals surface area contributed by atoms with Gasteiger partial charge in [-0.3, -0.25) is 4.90 Å². The van der Waals surface area contributed by atoms with Crippen molar-refractivity contribution in [3.8, 4) is 0 Å². The van der Waals surface area contributed by atoms with Gasteiger partial charge in [-0.2, -0.15) is 0 Å². The first-order valence-corrected chi connectivity index (χ1v) is 14.0. The van der Waals surface area contributed by atoms with Crippen molar-refractivity contribution in [3.05, 3.63) is 71.8 Å². The van der Waals surface area contributed by atoms with E-state index in [9.17, 15) is 4.79 Å². The molecule has 2 saturated carbocycles. The van der Waals surface area contributed by atoms with Crippen molar-refractivity contribution < 1.29 is 9.53 Å². The average Bonchev–Trinajstić information content (AvgIpc) is 3.78. The van der Waals surface area contributed by atoms with Crippen LogP contribution >= 0.6 is 0 Å². The third kappa shape index (κ3) is 8.03. The van der Waals surface area contributed by atoms with E-state index in [0.29, 0.717) is 18.4 Å². The van der Waals surface area contributed by atoms with Gasteiger partial charge in [0.05, 0.1) is 6.17 Å². The van der Waals surface area contributed by atoms with Crippen LogP contribution in [-0.4, -0.2) is 41.4 Å². The lowest BCUT2D eigenvalue weighted by molar-refractivity contribution is 0.00766. The first-order chi connectivity index (χ1) is 17.6. The molecule has 202 valence electrons. The Labute approximate surface area is 223 Å². The SMILES string of the molecule is CC(NC(CN(C(=O)OC(C)(C)C)C(N)C(NC(C)c1ccccc1)C1CC1)C1CC1)c1ccccc1. The van der Waals surface area contributed by atoms with Crippen LogP contribution in [0.15, 0.2) is 60.7 Å². The second-order valence-electron chi connectivity index (χ2n) is 12.0. The van der Waals surface area contributed by atoms with Crippen LogP contribution < -0.4 is 16.4 Å². The number of nitrogens with two attached hydrogens (primary N) is 1. The maximum atomic E-state index is 13.6. The van der Waals surface area contributed by atoms with Gasteiger partial charge in [0.15, 0.2) is 0 Å². The second kappa shape index (κ2) is 12.0. The van der Waals surface area contributed by atoms with Crippen LogP contribution in [0, 0.1) is 11.8 Å². The Hall–Kier alpha value is -2.41. The van der Waals surface area contributed by atoms with E-state index in [1.807, 2.05) is 32.9 Å². The minimum atomic E-state index is -0.589. The molecule has 0 saturated heterocycles. The summed E-state index contributed by atoms with van der Waals surface area (Å²) in [5.41, 5.74) is 8.87. The molecule has 0 aliphatic heterocycles. The average molecular weight is 507 g/mol. The summed E-state index contributed by atoms with van der Waals surface area (Å²) >= 11 is 0. The summed E-state index contributed by atoms with van der Waals surface area (Å²) in [7, 11) is 0. The number of hydrogen-bond donors (Lipinski definition) is 3. The van der Waals surface area contributed by atoms with E-state index in [2.05, 4.69) is 73.0 Å². The first-order valence-electron chi connectivity index (χ1n) is 14.0. The van der Waals surface area contributed by atoms with E-state index in [1.54, 1.807) is 4.90 Å². The summed E-state index contributed by atoms with van der Waals surface area (Å²) < 4.78 is 5.90. The number of nitrogens with zero attached hydrogens (tertiary/aromatic N) is 1. The molecule has 1 amide bonds. The number of rotatable bonds is 12. The predicted octanol–water partition coefficient (Wildman–Crippen LogP) is 5.77. The van der Waals surface area contributed by atoms with Gasteiger partial charge in [0.1, 0.15) is 5.60 Å². The maximum Gasteiger partial charge on any atom is 0.411 e. The Morgan fingerprint density at radius 1 is 0.892 bits per heavy atom. The van der Waals surface area contributed by atoms with Gasteiger partial charge in [-0.1, -0.05) is 60.7 Å². The van der Waals surface area contributed by atoms with Crippen LogP contribution in [0.25, 0.3) is 0 Å². The second-order valence-corrected chi connectivity index (χ2v) is 12.0. The molecule has 2 aromatic carbocycles. The number of carbonyl (C=O) groups is 1. The van der Waals surface area contributed by atoms with Gasteiger partial charge in [-0.05, 0) is 83.3 Å². The highest BCUT2D eigenvalue weighted by Gasteiger charge is 2.43. The molecule has 4 rings (SSSR count). The smallest absolute Gasteiger partial charge is 0.411 e. The summed E-state index contributed by atoms with van der Waals surface area (Å²) in [6.07, 6.45) is 3.79. The largest absolute Gasteiger partial charge is 0.444 e. The molecule has 0 aromatic heterocycles. The molecule has 6 heteroatoms. The molecule has 5 atom stereocenters. The number of benzene rings is 2. The number of carbonyl (C=O) groups excluding carboxylic acids is 1. The highest BCUT2D eigenvalue weighted by Crippen LogP contribution is 2.37. The summed E-state index contributed by atoms with van der Waals surface area (Å²) in [5.74, 6) is 1.00. The van der Waals surface area contributed by atoms with Gasteiger partial charge in [-0.25, -0.2) is 4.79 Å². The minimum Gasteiger partial charge on any atom is -0.444 e. The first kappa shape index (κ1) is 27.6. The fraction of sp³-hybridized carbons (Fsp3) is 0.581. The summed E-state index contributed by atoms with van der Waals surface area (Å²) in [4.78, 5) is 15.4. The third-order valence-electron chi connectivity index (χ3n) is 7.58. The van der Waals surface area contributed by atoms with Crippen molar-refractivity contribution in [2.45, 2.75) is 96.2 Å². The van der Waals surface area contributed by atoms with Crippen molar-refractivity contribution in [3.63, 3.8) is 0 Å². The van der Waals surface area contributed by atoms with Crippen LogP contribution in [0.3, 0.4) is 0 Å². The molecule has 0 spiro atoms. The Morgan fingerprint density at radius 3 is 1.84 bits per heavy atom. The Kier molecular flexibility index (Phi) is 8.94. The molecule has 2 aliphatic carbocycles. The standard InChI is InChI=1S/C31H46N4O2/c1-21(23-12-8-6-9-13-23)33-27(25-16-17-25)20-35(30(36)37-31(3,4)5)29(32)28(26-18-19-26)34-22(2)24-14-10-7-11-15-24/h6-15,21-22,25-29,33-34H,16-20,32H2,1-5H3. The number of amides is 1. The Balaban J connectivity index is 1.53. The summed E-state index contributed by atoms with van der Waals surface area (Å²) in [6.45, 7) is 10.6. The van der Waals surface area contributed by atoms with Crippen LogP contribution in [0.2, 0.25) is 0 Å². The topological polar surface area (TPSA) is 79.6 Å². The minimum absolute atomic E-state index is 0.00544. The zero-order valence-electron chi connectivity index (χ0n) is 23.2. The Bertz CT molecular complexity index is 985. The molecule has 0 heterocycles. The summed E-state index contributed by atoms with van der Waals surface area (Å²) in [5, 5.41) is 7.61. The van der Waals surface area contributed by atoms with Gasteiger partial charge >= 0.3 is 6.09 Å². The monoisotopic (exact) mass is 506 g/mol. The molecule has 2 fully saturated rings. The van der Waals surface area contributed by atoms with E-state index in [0.717, 1.165) is 12.8 Å². The molecule has 4 N–H and O–H groups in total. The van der Waals surface area contributed by atoms with E-state index >= 15 is 0 Å². The van der Waals surface area contributed by atoms with Crippen LogP contribution in [-0.2, 0) is 4.74 Å². The predicted molar refractivity (Wildman–Crippen MR) is 150 cm³/mol. The molecule has 0 radical (unpaired) electrons. The molecule has 37 heavy (non-hydrogen) atoms. The number of ether oxygens (including phenoxy) is 1. The maximum absolute atomic E-state index is 13.6. The van der Waals surface area contributed by atoms with Gasteiger partial charge < -0.3 is 21.1 Å². The Morgan fingerprint density at radius 2 is 1.38 bits per heavy atom. The van der Waals surface area contributed by atoms with Crippen LogP contribution in [0.1, 0.15) is 83.5 Å². The molecule has 0 bridgehead atoms. The summed E-state index contributed by atoms with van der Waals surface area (Å²) in [6, 6.07) is 21.4. The molecule has 5 unspecified atom stereocenters. The fourth-order valence-electron chi connectivity index (χ4n) is 5.14. The molecular formula is C31H46N4O2. The van der Waals surface area contributed by atoms with Crippen molar-refractivity contribution in [2.75, 3.05) is 6.54 Å². The van der Waals surface area contributed by atoms with Crippen LogP contribution in [0.5, 0.6) is 0 Å². The van der Waals surface area contributed by atoms with E-state index in [-0.39, 0.29) is 30.3 Å². The third-order valence-corrected chi connectivity index (χ3v) is 7.58. The van der Waals surface area contributed by atoms with Crippen molar-refractivity contribution in [1.29, 1.82) is 0 Å². The van der Waals surface area contributed by atoms with Gasteiger partial charge in [0.25, 0.3) is 0 Å². The van der Waals surface area contributed by atoms with Crippen molar-refractivity contribution in [1.82, 2.24) is 15.5 Å². The number of hydrogen-bond acceptors (Lipinski definition) is 5. The lowest BCUT2D eigenvalue weighted by Crippen LogP contribution is -2.61. The van der Waals surface area contributed by atoms with Crippen molar-refractivity contribution >= 4 is 6.09 Å². The quantitative estimate of drug-likeness (QED) is 0.319. The normalized spacial score (nSPS) is 19.9. The van der Waals surface area contributed by atoms with Gasteiger partial charge in [0.2, 0.25) is 0 Å². The zero-order chi connectivity index (χ0) is 26.6. The molecule has 2 aliphatic rings. The van der Waals surface area contributed by atoms with Gasteiger partial charge in [0, 0.05) is 30.7 Å². The van der Waals surface area contributed by atoms with E-state index in [1.165, 1.54) is 24.0 Å². The molecular weight excluding hydrogens is 460 g/mol. The lowest BCUT2D eigenvalue weighted by atomic mass is 10.0.